The molecule has 1 atom stereocenters. The number of nitrogens with one attached hydrogen (secondary N) is 1. The molecule has 0 saturated carbocycles. The SMILES string of the molecule is CCCC(NCC)c1ccn(CCCCC#N)c1. The number of hydrogen-bond acceptors (Lipinski definition) is 2. The molecular weight excluding hydrogens is 222 g/mol. The van der Waals surface area contributed by atoms with Crippen molar-refractivity contribution < 1.29 is 0 Å². The zero-order valence-electron chi connectivity index (χ0n) is 11.7. The van der Waals surface area contributed by atoms with Crippen LogP contribution in [0.1, 0.15) is 57.6 Å². The minimum absolute atomic E-state index is 0.486. The van der Waals surface area contributed by atoms with Crippen molar-refractivity contribution in [2.24, 2.45) is 0 Å². The first-order valence-corrected chi connectivity index (χ1v) is 7.07. The number of rotatable bonds is 9. The summed E-state index contributed by atoms with van der Waals surface area (Å²) in [6.45, 7) is 6.41. The first kappa shape index (κ1) is 14.8. The van der Waals surface area contributed by atoms with Gasteiger partial charge in [-0.3, -0.25) is 0 Å². The second-order valence-corrected chi connectivity index (χ2v) is 4.70. The maximum Gasteiger partial charge on any atom is 0.0621 e. The Labute approximate surface area is 111 Å². The number of nitrogens with zero attached hydrogens (tertiary/aromatic N) is 2. The lowest BCUT2D eigenvalue weighted by atomic mass is 10.1. The molecule has 1 aromatic rings. The molecule has 0 aliphatic carbocycles. The highest BCUT2D eigenvalue weighted by atomic mass is 15.0. The van der Waals surface area contributed by atoms with Gasteiger partial charge in [-0.1, -0.05) is 20.3 Å². The van der Waals surface area contributed by atoms with Crippen LogP contribution < -0.4 is 5.32 Å². The first-order valence-electron chi connectivity index (χ1n) is 7.07. The molecule has 0 amide bonds. The summed E-state index contributed by atoms with van der Waals surface area (Å²) in [5.74, 6) is 0. The summed E-state index contributed by atoms with van der Waals surface area (Å²) in [5, 5.41) is 12.0. The summed E-state index contributed by atoms with van der Waals surface area (Å²) in [6, 6.07) is 4.89. The van der Waals surface area contributed by atoms with Crippen molar-refractivity contribution in [3.05, 3.63) is 24.0 Å². The molecular formula is C15H25N3. The molecule has 0 aliphatic rings. The Bertz CT molecular complexity index is 356. The van der Waals surface area contributed by atoms with E-state index in [0.29, 0.717) is 12.5 Å². The van der Waals surface area contributed by atoms with E-state index < -0.39 is 0 Å². The first-order chi connectivity index (χ1) is 8.81. The van der Waals surface area contributed by atoms with Crippen LogP contribution in [-0.2, 0) is 6.54 Å². The molecule has 1 unspecified atom stereocenters. The van der Waals surface area contributed by atoms with Gasteiger partial charge in [0.15, 0.2) is 0 Å². The van der Waals surface area contributed by atoms with E-state index in [4.69, 9.17) is 5.26 Å². The molecule has 0 radical (unpaired) electrons. The van der Waals surface area contributed by atoms with Crippen molar-refractivity contribution >= 4 is 0 Å². The van der Waals surface area contributed by atoms with E-state index in [9.17, 15) is 0 Å². The highest BCUT2D eigenvalue weighted by Crippen LogP contribution is 2.19. The minimum Gasteiger partial charge on any atom is -0.354 e. The van der Waals surface area contributed by atoms with E-state index in [0.717, 1.165) is 25.9 Å². The highest BCUT2D eigenvalue weighted by Gasteiger charge is 2.10. The standard InChI is InChI=1S/C15H25N3/c1-3-8-15(17-4-2)14-9-12-18(13-14)11-7-5-6-10-16/h9,12-13,15,17H,3-8,11H2,1-2H3. The minimum atomic E-state index is 0.486. The predicted molar refractivity (Wildman–Crippen MR) is 75.2 cm³/mol. The van der Waals surface area contributed by atoms with Gasteiger partial charge in [-0.2, -0.15) is 5.26 Å². The summed E-state index contributed by atoms with van der Waals surface area (Å²) in [7, 11) is 0. The van der Waals surface area contributed by atoms with E-state index >= 15 is 0 Å². The van der Waals surface area contributed by atoms with Crippen molar-refractivity contribution in [2.75, 3.05) is 6.54 Å². The van der Waals surface area contributed by atoms with Crippen molar-refractivity contribution in [2.45, 2.75) is 58.5 Å². The zero-order valence-corrected chi connectivity index (χ0v) is 11.7. The molecule has 1 rings (SSSR count). The van der Waals surface area contributed by atoms with Crippen LogP contribution in [0.3, 0.4) is 0 Å². The lowest BCUT2D eigenvalue weighted by molar-refractivity contribution is 0.507. The Balaban J connectivity index is 2.47. The molecule has 0 aliphatic heterocycles. The molecule has 0 saturated heterocycles. The largest absolute Gasteiger partial charge is 0.354 e. The third-order valence-corrected chi connectivity index (χ3v) is 3.16. The van der Waals surface area contributed by atoms with Crippen LogP contribution in [0.15, 0.2) is 18.5 Å². The molecule has 18 heavy (non-hydrogen) atoms. The number of nitriles is 1. The Morgan fingerprint density at radius 3 is 2.89 bits per heavy atom. The molecule has 3 nitrogen and oxygen atoms in total. The monoisotopic (exact) mass is 247 g/mol. The van der Waals surface area contributed by atoms with Crippen LogP contribution in [-0.4, -0.2) is 11.1 Å². The van der Waals surface area contributed by atoms with Crippen molar-refractivity contribution in [3.8, 4) is 6.07 Å². The van der Waals surface area contributed by atoms with Gasteiger partial charge in [-0.25, -0.2) is 0 Å². The molecule has 1 N–H and O–H groups in total. The van der Waals surface area contributed by atoms with E-state index in [1.807, 2.05) is 0 Å². The van der Waals surface area contributed by atoms with E-state index in [2.05, 4.69) is 48.3 Å². The van der Waals surface area contributed by atoms with Crippen molar-refractivity contribution in [1.29, 1.82) is 5.26 Å². The summed E-state index contributed by atoms with van der Waals surface area (Å²) in [5.41, 5.74) is 1.39. The summed E-state index contributed by atoms with van der Waals surface area (Å²) < 4.78 is 2.24. The van der Waals surface area contributed by atoms with Gasteiger partial charge in [-0.05, 0) is 37.4 Å². The van der Waals surface area contributed by atoms with Gasteiger partial charge in [-0.15, -0.1) is 0 Å². The number of aromatic nitrogens is 1. The molecule has 100 valence electrons. The molecule has 0 aromatic carbocycles. The van der Waals surface area contributed by atoms with Gasteiger partial charge in [0.05, 0.1) is 6.07 Å². The van der Waals surface area contributed by atoms with Crippen LogP contribution >= 0.6 is 0 Å². The van der Waals surface area contributed by atoms with Gasteiger partial charge >= 0.3 is 0 Å². The van der Waals surface area contributed by atoms with E-state index in [-0.39, 0.29) is 0 Å². The number of aryl methyl sites for hydroxylation is 1. The molecule has 1 aromatic heterocycles. The van der Waals surface area contributed by atoms with E-state index in [1.54, 1.807) is 0 Å². The number of hydrogen-bond donors (Lipinski definition) is 1. The lowest BCUT2D eigenvalue weighted by Crippen LogP contribution is -2.20. The normalized spacial score (nSPS) is 12.3. The van der Waals surface area contributed by atoms with E-state index in [1.165, 1.54) is 18.4 Å². The van der Waals surface area contributed by atoms with Crippen LogP contribution in [0.2, 0.25) is 0 Å². The summed E-state index contributed by atoms with van der Waals surface area (Å²) in [6.07, 6.45) is 9.54. The average molecular weight is 247 g/mol. The smallest absolute Gasteiger partial charge is 0.0621 e. The molecule has 0 bridgehead atoms. The average Bonchev–Trinajstić information content (AvgIpc) is 2.83. The zero-order chi connectivity index (χ0) is 13.2. The second kappa shape index (κ2) is 8.77. The van der Waals surface area contributed by atoms with Gasteiger partial charge in [0.1, 0.15) is 0 Å². The van der Waals surface area contributed by atoms with Crippen molar-refractivity contribution in [3.63, 3.8) is 0 Å². The van der Waals surface area contributed by atoms with Crippen molar-refractivity contribution in [1.82, 2.24) is 9.88 Å². The van der Waals surface area contributed by atoms with Crippen LogP contribution in [0.4, 0.5) is 0 Å². The maximum absolute atomic E-state index is 8.49. The van der Waals surface area contributed by atoms with Crippen LogP contribution in [0.25, 0.3) is 0 Å². The predicted octanol–water partition coefficient (Wildman–Crippen LogP) is 3.63. The maximum atomic E-state index is 8.49. The fourth-order valence-corrected chi connectivity index (χ4v) is 2.22. The Morgan fingerprint density at radius 2 is 2.22 bits per heavy atom. The lowest BCUT2D eigenvalue weighted by Gasteiger charge is -2.15. The molecule has 1 heterocycles. The number of unbranched alkanes of at least 4 members (excludes halogenated alkanes) is 2. The van der Waals surface area contributed by atoms with Crippen LogP contribution in [0.5, 0.6) is 0 Å². The molecule has 0 fully saturated rings. The quantitative estimate of drug-likeness (QED) is 0.677. The Hall–Kier alpha value is -1.27. The topological polar surface area (TPSA) is 40.8 Å². The second-order valence-electron chi connectivity index (χ2n) is 4.70. The van der Waals surface area contributed by atoms with Gasteiger partial charge in [0.2, 0.25) is 0 Å². The van der Waals surface area contributed by atoms with Crippen LogP contribution in [0, 0.1) is 11.3 Å². The third-order valence-electron chi connectivity index (χ3n) is 3.16. The van der Waals surface area contributed by atoms with Gasteiger partial charge < -0.3 is 9.88 Å². The summed E-state index contributed by atoms with van der Waals surface area (Å²) >= 11 is 0. The fraction of sp³-hybridized carbons (Fsp3) is 0.667. The molecule has 3 heteroatoms. The van der Waals surface area contributed by atoms with Gasteiger partial charge in [0, 0.05) is 31.4 Å². The Morgan fingerprint density at radius 1 is 1.39 bits per heavy atom. The Kier molecular flexibility index (Phi) is 7.20. The fourth-order valence-electron chi connectivity index (χ4n) is 2.22. The third kappa shape index (κ3) is 4.93. The highest BCUT2D eigenvalue weighted by molar-refractivity contribution is 5.15. The van der Waals surface area contributed by atoms with Gasteiger partial charge in [0.25, 0.3) is 0 Å². The summed E-state index contributed by atoms with van der Waals surface area (Å²) in [4.78, 5) is 0. The molecule has 0 spiro atoms.